The number of hydrogen-bond donors (Lipinski definition) is 2. The van der Waals surface area contributed by atoms with Crippen LogP contribution >= 0.6 is 12.4 Å². The molecule has 0 unspecified atom stereocenters. The molecule has 0 fully saturated rings. The van der Waals surface area contributed by atoms with Gasteiger partial charge in [-0.2, -0.15) is 9.61 Å². The summed E-state index contributed by atoms with van der Waals surface area (Å²) in [7, 11) is -3.78. The van der Waals surface area contributed by atoms with E-state index in [1.165, 1.54) is 36.4 Å². The van der Waals surface area contributed by atoms with E-state index < -0.39 is 15.8 Å². The van der Waals surface area contributed by atoms with Crippen molar-refractivity contribution in [2.24, 2.45) is 0 Å². The Morgan fingerprint density at radius 1 is 0.900 bits per heavy atom. The number of anilines is 3. The van der Waals surface area contributed by atoms with Gasteiger partial charge in [-0.1, -0.05) is 0 Å². The fourth-order valence-electron chi connectivity index (χ4n) is 2.90. The highest BCUT2D eigenvalue weighted by molar-refractivity contribution is 7.92. The molecule has 4 aromatic rings. The number of aryl methyl sites for hydroxylation is 2. The van der Waals surface area contributed by atoms with Gasteiger partial charge in [-0.05, 0) is 62.4 Å². The van der Waals surface area contributed by atoms with E-state index in [2.05, 4.69) is 20.1 Å². The normalized spacial score (nSPS) is 11.2. The van der Waals surface area contributed by atoms with Gasteiger partial charge in [0.15, 0.2) is 5.65 Å². The monoisotopic (exact) mass is 447 g/mol. The van der Waals surface area contributed by atoms with Crippen LogP contribution in [0.2, 0.25) is 0 Å². The van der Waals surface area contributed by atoms with Crippen LogP contribution in [0.25, 0.3) is 5.65 Å². The summed E-state index contributed by atoms with van der Waals surface area (Å²) >= 11 is 0. The summed E-state index contributed by atoms with van der Waals surface area (Å²) in [5.41, 5.74) is 3.40. The Labute approximate surface area is 179 Å². The van der Waals surface area contributed by atoms with E-state index in [1.807, 2.05) is 26.0 Å². The topological polar surface area (TPSA) is 88.4 Å². The largest absolute Gasteiger partial charge is 0.340 e. The number of benzene rings is 2. The number of nitrogens with zero attached hydrogens (tertiary/aromatic N) is 3. The van der Waals surface area contributed by atoms with Gasteiger partial charge in [0.1, 0.15) is 11.6 Å². The first-order valence-corrected chi connectivity index (χ1v) is 10.3. The highest BCUT2D eigenvalue weighted by Crippen LogP contribution is 2.22. The third-order valence-electron chi connectivity index (χ3n) is 4.21. The van der Waals surface area contributed by atoms with Gasteiger partial charge in [0.05, 0.1) is 10.6 Å². The molecule has 10 heteroatoms. The van der Waals surface area contributed by atoms with Crippen molar-refractivity contribution in [3.8, 4) is 0 Å². The van der Waals surface area contributed by atoms with Gasteiger partial charge in [0.2, 0.25) is 0 Å². The highest BCUT2D eigenvalue weighted by atomic mass is 35.5. The van der Waals surface area contributed by atoms with Crippen LogP contribution in [0.4, 0.5) is 21.6 Å². The van der Waals surface area contributed by atoms with Gasteiger partial charge in [-0.3, -0.25) is 4.72 Å². The SMILES string of the molecule is Cc1cc(Nc2ccc(S(=O)(=O)Nc3ccc(F)cc3)cc2)n2nc(C)cc2n1.Cl. The zero-order chi connectivity index (χ0) is 20.6. The van der Waals surface area contributed by atoms with Crippen molar-refractivity contribution in [3.05, 3.63) is 77.9 Å². The fraction of sp³-hybridized carbons (Fsp3) is 0.100. The molecule has 0 radical (unpaired) electrons. The van der Waals surface area contributed by atoms with Crippen LogP contribution in [0.3, 0.4) is 0 Å². The number of hydrogen-bond acceptors (Lipinski definition) is 5. The van der Waals surface area contributed by atoms with Crippen molar-refractivity contribution in [1.82, 2.24) is 14.6 Å². The lowest BCUT2D eigenvalue weighted by Gasteiger charge is -2.11. The minimum Gasteiger partial charge on any atom is -0.340 e. The second-order valence-electron chi connectivity index (χ2n) is 6.60. The maximum Gasteiger partial charge on any atom is 0.261 e. The second-order valence-corrected chi connectivity index (χ2v) is 8.28. The Bertz CT molecular complexity index is 1290. The van der Waals surface area contributed by atoms with Crippen molar-refractivity contribution in [3.63, 3.8) is 0 Å². The Hall–Kier alpha value is -3.17. The number of fused-ring (bicyclic) bond motifs is 1. The third-order valence-corrected chi connectivity index (χ3v) is 5.61. The van der Waals surface area contributed by atoms with Gasteiger partial charge >= 0.3 is 0 Å². The number of aromatic nitrogens is 3. The molecule has 7 nitrogen and oxygen atoms in total. The van der Waals surface area contributed by atoms with Crippen LogP contribution in [0, 0.1) is 19.7 Å². The Balaban J connectivity index is 0.00000256. The fourth-order valence-corrected chi connectivity index (χ4v) is 3.96. The summed E-state index contributed by atoms with van der Waals surface area (Å²) in [5.74, 6) is 0.289. The van der Waals surface area contributed by atoms with Crippen molar-refractivity contribution >= 4 is 45.3 Å². The van der Waals surface area contributed by atoms with Crippen molar-refractivity contribution in [2.45, 2.75) is 18.7 Å². The Morgan fingerprint density at radius 2 is 1.53 bits per heavy atom. The minimum absolute atomic E-state index is 0. The average Bonchev–Trinajstić information content (AvgIpc) is 3.04. The summed E-state index contributed by atoms with van der Waals surface area (Å²) in [5, 5.41) is 7.66. The molecule has 0 aliphatic carbocycles. The lowest BCUT2D eigenvalue weighted by Crippen LogP contribution is -2.13. The summed E-state index contributed by atoms with van der Waals surface area (Å²) < 4.78 is 42.2. The first kappa shape index (κ1) is 21.5. The van der Waals surface area contributed by atoms with Crippen LogP contribution in [0.5, 0.6) is 0 Å². The maximum atomic E-state index is 13.0. The molecule has 156 valence electrons. The number of halogens is 2. The quantitative estimate of drug-likeness (QED) is 0.471. The van der Waals surface area contributed by atoms with Gasteiger partial charge in [0, 0.05) is 29.2 Å². The number of sulfonamides is 1. The molecule has 4 rings (SSSR count). The van der Waals surface area contributed by atoms with Crippen molar-refractivity contribution < 1.29 is 12.8 Å². The van der Waals surface area contributed by atoms with E-state index in [0.717, 1.165) is 22.9 Å². The molecule has 2 aromatic carbocycles. The molecule has 0 spiro atoms. The molecule has 0 aliphatic rings. The van der Waals surface area contributed by atoms with E-state index >= 15 is 0 Å². The summed E-state index contributed by atoms with van der Waals surface area (Å²) in [6, 6.07) is 15.2. The minimum atomic E-state index is -3.78. The molecule has 2 heterocycles. The molecule has 0 bridgehead atoms. The molecular weight excluding hydrogens is 429 g/mol. The van der Waals surface area contributed by atoms with Crippen LogP contribution in [0.15, 0.2) is 65.6 Å². The Kier molecular flexibility index (Phi) is 5.95. The first-order valence-electron chi connectivity index (χ1n) is 8.80. The van der Waals surface area contributed by atoms with E-state index in [1.54, 1.807) is 16.6 Å². The highest BCUT2D eigenvalue weighted by Gasteiger charge is 2.14. The molecule has 0 amide bonds. The molecule has 30 heavy (non-hydrogen) atoms. The summed E-state index contributed by atoms with van der Waals surface area (Å²) in [4.78, 5) is 4.54. The molecular formula is C20H19ClFN5O2S. The standard InChI is InChI=1S/C20H18FN5O2S.ClH/c1-13-11-20(26-19(22-13)12-14(2)24-26)23-16-7-9-18(10-8-16)29(27,28)25-17-5-3-15(21)4-6-17;/h3-12,23,25H,1-2H3;1H. The van der Waals surface area contributed by atoms with Crippen molar-refractivity contribution in [1.29, 1.82) is 0 Å². The summed E-state index contributed by atoms with van der Waals surface area (Å²) in [6.07, 6.45) is 0. The van der Waals surface area contributed by atoms with Crippen LogP contribution in [-0.4, -0.2) is 23.0 Å². The molecule has 0 saturated carbocycles. The van der Waals surface area contributed by atoms with E-state index in [-0.39, 0.29) is 23.0 Å². The lowest BCUT2D eigenvalue weighted by molar-refractivity contribution is 0.601. The van der Waals surface area contributed by atoms with Crippen molar-refractivity contribution in [2.75, 3.05) is 10.0 Å². The van der Waals surface area contributed by atoms with E-state index in [0.29, 0.717) is 5.69 Å². The van der Waals surface area contributed by atoms with E-state index in [9.17, 15) is 12.8 Å². The molecule has 0 atom stereocenters. The number of rotatable bonds is 5. The van der Waals surface area contributed by atoms with E-state index in [4.69, 9.17) is 0 Å². The molecule has 0 aliphatic heterocycles. The lowest BCUT2D eigenvalue weighted by atomic mass is 10.3. The van der Waals surface area contributed by atoms with Gasteiger partial charge in [0.25, 0.3) is 10.0 Å². The smallest absolute Gasteiger partial charge is 0.261 e. The van der Waals surface area contributed by atoms with Gasteiger partial charge < -0.3 is 5.32 Å². The first-order chi connectivity index (χ1) is 13.8. The Morgan fingerprint density at radius 3 is 2.20 bits per heavy atom. The van der Waals surface area contributed by atoms with Gasteiger partial charge in [-0.25, -0.2) is 17.8 Å². The van der Waals surface area contributed by atoms with Gasteiger partial charge in [-0.15, -0.1) is 12.4 Å². The van der Waals surface area contributed by atoms with Crippen LogP contribution < -0.4 is 10.0 Å². The van der Waals surface area contributed by atoms with Crippen LogP contribution in [-0.2, 0) is 10.0 Å². The molecule has 2 N–H and O–H groups in total. The molecule has 0 saturated heterocycles. The predicted molar refractivity (Wildman–Crippen MR) is 117 cm³/mol. The summed E-state index contributed by atoms with van der Waals surface area (Å²) in [6.45, 7) is 3.78. The zero-order valence-electron chi connectivity index (χ0n) is 16.1. The third kappa shape index (κ3) is 4.52. The second kappa shape index (κ2) is 8.29. The average molecular weight is 448 g/mol. The number of nitrogens with one attached hydrogen (secondary N) is 2. The predicted octanol–water partition coefficient (Wildman–Crippen LogP) is 4.45. The zero-order valence-corrected chi connectivity index (χ0v) is 17.8. The molecule has 2 aromatic heterocycles. The van der Waals surface area contributed by atoms with Crippen LogP contribution in [0.1, 0.15) is 11.4 Å². The maximum absolute atomic E-state index is 13.0.